The molecule has 126 valence electrons. The molecule has 1 aliphatic rings. The van der Waals surface area contributed by atoms with Crippen molar-refractivity contribution < 1.29 is 14.3 Å². The topological polar surface area (TPSA) is 71.3 Å². The Morgan fingerprint density at radius 2 is 2.00 bits per heavy atom. The fourth-order valence-corrected chi connectivity index (χ4v) is 3.47. The summed E-state index contributed by atoms with van der Waals surface area (Å²) in [7, 11) is 0. The number of aromatic nitrogens is 1. The number of nitrogens with zero attached hydrogens (tertiary/aromatic N) is 1. The van der Waals surface area contributed by atoms with Crippen LogP contribution in [-0.4, -0.2) is 15.6 Å². The number of aromatic hydroxyl groups is 1. The number of anilines is 1. The fourth-order valence-electron chi connectivity index (χ4n) is 3.47. The van der Waals surface area contributed by atoms with Crippen LogP contribution in [0.1, 0.15) is 28.9 Å². The van der Waals surface area contributed by atoms with E-state index in [-0.39, 0.29) is 23.0 Å². The molecule has 2 N–H and O–H groups in total. The van der Waals surface area contributed by atoms with E-state index in [1.807, 2.05) is 13.0 Å². The fraction of sp³-hybridized carbons (Fsp3) is 0.158. The number of rotatable bonds is 2. The number of pyridine rings is 1. The first kappa shape index (κ1) is 15.4. The van der Waals surface area contributed by atoms with Crippen molar-refractivity contribution in [2.45, 2.75) is 19.4 Å². The van der Waals surface area contributed by atoms with E-state index < -0.39 is 17.3 Å². The highest BCUT2D eigenvalue weighted by molar-refractivity contribution is 6.09. The second-order valence-electron chi connectivity index (χ2n) is 6.20. The van der Waals surface area contributed by atoms with Crippen molar-refractivity contribution in [3.63, 3.8) is 0 Å². The van der Waals surface area contributed by atoms with Crippen molar-refractivity contribution in [2.75, 3.05) is 5.32 Å². The lowest BCUT2D eigenvalue weighted by molar-refractivity contribution is 0.102. The van der Waals surface area contributed by atoms with E-state index in [1.54, 1.807) is 18.2 Å². The zero-order valence-electron chi connectivity index (χ0n) is 13.4. The first-order valence-electron chi connectivity index (χ1n) is 7.94. The molecule has 5 nitrogen and oxygen atoms in total. The number of nitrogens with one attached hydrogen (secondary N) is 1. The summed E-state index contributed by atoms with van der Waals surface area (Å²) in [5.41, 5.74) is 0.617. The van der Waals surface area contributed by atoms with Gasteiger partial charge in [-0.3, -0.25) is 9.59 Å². The van der Waals surface area contributed by atoms with Crippen LogP contribution in [0, 0.1) is 5.82 Å². The predicted molar refractivity (Wildman–Crippen MR) is 92.6 cm³/mol. The number of carbonyl (C=O) groups excluding carboxylic acids is 1. The highest BCUT2D eigenvalue weighted by Crippen LogP contribution is 2.36. The van der Waals surface area contributed by atoms with Crippen molar-refractivity contribution >= 4 is 22.5 Å². The average molecular weight is 338 g/mol. The molecule has 3 aromatic rings. The Morgan fingerprint density at radius 3 is 2.76 bits per heavy atom. The predicted octanol–water partition coefficient (Wildman–Crippen LogP) is 3.22. The molecule has 1 unspecified atom stereocenters. The summed E-state index contributed by atoms with van der Waals surface area (Å²) in [6, 6.07) is 10.9. The molecule has 25 heavy (non-hydrogen) atoms. The van der Waals surface area contributed by atoms with Crippen LogP contribution in [0.15, 0.2) is 47.3 Å². The van der Waals surface area contributed by atoms with E-state index in [0.717, 1.165) is 5.56 Å². The molecule has 1 aliphatic heterocycles. The first-order valence-corrected chi connectivity index (χ1v) is 7.94. The molecule has 4 rings (SSSR count). The summed E-state index contributed by atoms with van der Waals surface area (Å²) in [6.07, 6.45) is 0.657. The summed E-state index contributed by atoms with van der Waals surface area (Å²) < 4.78 is 15.3. The summed E-state index contributed by atoms with van der Waals surface area (Å²) in [4.78, 5) is 25.4. The van der Waals surface area contributed by atoms with Crippen LogP contribution in [0.2, 0.25) is 0 Å². The highest BCUT2D eigenvalue weighted by Gasteiger charge is 2.29. The van der Waals surface area contributed by atoms with Gasteiger partial charge in [-0.25, -0.2) is 4.39 Å². The number of benzene rings is 2. The Bertz CT molecular complexity index is 1090. The minimum Gasteiger partial charge on any atom is -0.506 e. The van der Waals surface area contributed by atoms with E-state index in [0.29, 0.717) is 17.3 Å². The van der Waals surface area contributed by atoms with Gasteiger partial charge in [0.1, 0.15) is 17.1 Å². The first-order chi connectivity index (χ1) is 12.0. The third kappa shape index (κ3) is 2.21. The summed E-state index contributed by atoms with van der Waals surface area (Å²) >= 11 is 0. The van der Waals surface area contributed by atoms with Crippen LogP contribution < -0.4 is 10.9 Å². The van der Waals surface area contributed by atoms with E-state index in [9.17, 15) is 19.1 Å². The van der Waals surface area contributed by atoms with Crippen molar-refractivity contribution in [2.24, 2.45) is 0 Å². The van der Waals surface area contributed by atoms with Gasteiger partial charge in [-0.1, -0.05) is 24.3 Å². The van der Waals surface area contributed by atoms with Crippen LogP contribution in [-0.2, 0) is 6.42 Å². The number of hydrogen-bond acceptors (Lipinski definition) is 3. The molecule has 0 spiro atoms. The summed E-state index contributed by atoms with van der Waals surface area (Å²) in [5, 5.41) is 13.4. The molecule has 1 amide bonds. The van der Waals surface area contributed by atoms with Gasteiger partial charge in [0.05, 0.1) is 11.2 Å². The Balaban J connectivity index is 1.91. The standard InChI is InChI=1S/C19H15FN2O3/c1-10-9-11-5-4-6-12-16(11)22(10)19(25)15(17(12)23)18(24)21-14-8-3-2-7-13(14)20/h2-8,10,23H,9H2,1H3,(H,21,24). The number of carbonyl (C=O) groups is 1. The van der Waals surface area contributed by atoms with E-state index in [4.69, 9.17) is 0 Å². The summed E-state index contributed by atoms with van der Waals surface area (Å²) in [5.74, 6) is -1.82. The zero-order chi connectivity index (χ0) is 17.7. The van der Waals surface area contributed by atoms with Gasteiger partial charge >= 0.3 is 0 Å². The van der Waals surface area contributed by atoms with Crippen LogP contribution in [0.25, 0.3) is 10.9 Å². The van der Waals surface area contributed by atoms with E-state index in [1.165, 1.54) is 22.8 Å². The Hall–Kier alpha value is -3.15. The third-order valence-electron chi connectivity index (χ3n) is 4.59. The lowest BCUT2D eigenvalue weighted by Crippen LogP contribution is -2.30. The molecule has 0 fully saturated rings. The molecule has 1 atom stereocenters. The molecule has 0 bridgehead atoms. The van der Waals surface area contributed by atoms with Gasteiger partial charge in [0, 0.05) is 11.4 Å². The number of amides is 1. The average Bonchev–Trinajstić information content (AvgIpc) is 2.92. The summed E-state index contributed by atoms with van der Waals surface area (Å²) in [6.45, 7) is 1.89. The maximum absolute atomic E-state index is 13.8. The number of para-hydroxylation sites is 2. The molecule has 0 radical (unpaired) electrons. The van der Waals surface area contributed by atoms with Crippen LogP contribution in [0.5, 0.6) is 5.75 Å². The van der Waals surface area contributed by atoms with Gasteiger partial charge in [0.2, 0.25) is 0 Å². The van der Waals surface area contributed by atoms with Gasteiger partial charge in [0.15, 0.2) is 0 Å². The Labute approximate surface area is 142 Å². The van der Waals surface area contributed by atoms with Crippen molar-refractivity contribution in [1.82, 2.24) is 4.57 Å². The molecule has 2 heterocycles. The number of hydrogen-bond donors (Lipinski definition) is 2. The monoisotopic (exact) mass is 338 g/mol. The van der Waals surface area contributed by atoms with E-state index >= 15 is 0 Å². The lowest BCUT2D eigenvalue weighted by atomic mass is 10.1. The van der Waals surface area contributed by atoms with E-state index in [2.05, 4.69) is 5.32 Å². The molecule has 0 saturated heterocycles. The minimum atomic E-state index is -0.831. The molecule has 6 heteroatoms. The molecular weight excluding hydrogens is 323 g/mol. The maximum Gasteiger partial charge on any atom is 0.268 e. The van der Waals surface area contributed by atoms with Gasteiger partial charge in [-0.2, -0.15) is 0 Å². The quantitative estimate of drug-likeness (QED) is 0.754. The van der Waals surface area contributed by atoms with Crippen molar-refractivity contribution in [1.29, 1.82) is 0 Å². The zero-order valence-corrected chi connectivity index (χ0v) is 13.4. The SMILES string of the molecule is CC1Cc2cccc3c(O)c(C(=O)Nc4ccccc4F)c(=O)n1c23. The Kier molecular flexibility index (Phi) is 3.35. The van der Waals surface area contributed by atoms with Crippen molar-refractivity contribution in [3.8, 4) is 5.75 Å². The second kappa shape index (κ2) is 5.44. The minimum absolute atomic E-state index is 0.0466. The van der Waals surface area contributed by atoms with Crippen LogP contribution in [0.3, 0.4) is 0 Å². The van der Waals surface area contributed by atoms with Crippen LogP contribution >= 0.6 is 0 Å². The molecular formula is C19H15FN2O3. The lowest BCUT2D eigenvalue weighted by Gasteiger charge is -2.14. The molecule has 0 aliphatic carbocycles. The van der Waals surface area contributed by atoms with Gasteiger partial charge in [-0.15, -0.1) is 0 Å². The van der Waals surface area contributed by atoms with Crippen molar-refractivity contribution in [3.05, 3.63) is 69.8 Å². The number of halogens is 1. The van der Waals surface area contributed by atoms with Gasteiger partial charge < -0.3 is 15.0 Å². The van der Waals surface area contributed by atoms with Crippen LogP contribution in [0.4, 0.5) is 10.1 Å². The largest absolute Gasteiger partial charge is 0.506 e. The molecule has 2 aromatic carbocycles. The highest BCUT2D eigenvalue weighted by atomic mass is 19.1. The van der Waals surface area contributed by atoms with Gasteiger partial charge in [0.25, 0.3) is 11.5 Å². The maximum atomic E-state index is 13.8. The van der Waals surface area contributed by atoms with Gasteiger partial charge in [-0.05, 0) is 37.1 Å². The third-order valence-corrected chi connectivity index (χ3v) is 4.59. The Morgan fingerprint density at radius 1 is 1.24 bits per heavy atom. The smallest absolute Gasteiger partial charge is 0.268 e. The second-order valence-corrected chi connectivity index (χ2v) is 6.20. The normalized spacial score (nSPS) is 15.5. The molecule has 0 saturated carbocycles. The molecule has 1 aromatic heterocycles.